The fraction of sp³-hybridized carbons (Fsp3) is 0.0714. The van der Waals surface area contributed by atoms with E-state index in [0.29, 0.717) is 26.2 Å². The number of carbonyl (C=O) groups excluding carboxylic acids is 1. The first kappa shape index (κ1) is 13.4. The van der Waals surface area contributed by atoms with Crippen LogP contribution in [0.15, 0.2) is 36.4 Å². The smallest absolute Gasteiger partial charge is 0.193 e. The lowest BCUT2D eigenvalue weighted by Gasteiger charge is -2.06. The highest BCUT2D eigenvalue weighted by molar-refractivity contribution is 6.42. The van der Waals surface area contributed by atoms with E-state index in [4.69, 9.17) is 34.8 Å². The fourth-order valence-electron chi connectivity index (χ4n) is 1.63. The van der Waals surface area contributed by atoms with Crippen molar-refractivity contribution in [2.75, 3.05) is 0 Å². The maximum absolute atomic E-state index is 12.3. The molecule has 0 aliphatic carbocycles. The van der Waals surface area contributed by atoms with Crippen LogP contribution in [-0.4, -0.2) is 5.78 Å². The average Bonchev–Trinajstić information content (AvgIpc) is 2.35. The Hall–Kier alpha value is -1.02. The molecule has 0 heterocycles. The van der Waals surface area contributed by atoms with Gasteiger partial charge in [-0.15, -0.1) is 0 Å². The number of carbonyl (C=O) groups is 1. The van der Waals surface area contributed by atoms with Gasteiger partial charge in [0.2, 0.25) is 0 Å². The summed E-state index contributed by atoms with van der Waals surface area (Å²) in [6.07, 6.45) is 0. The highest BCUT2D eigenvalue weighted by Gasteiger charge is 2.13. The first-order chi connectivity index (χ1) is 8.49. The molecule has 1 nitrogen and oxygen atoms in total. The van der Waals surface area contributed by atoms with Crippen LogP contribution in [0, 0.1) is 6.92 Å². The van der Waals surface area contributed by atoms with Crippen LogP contribution in [-0.2, 0) is 0 Å². The van der Waals surface area contributed by atoms with Gasteiger partial charge in [-0.3, -0.25) is 4.79 Å². The zero-order valence-corrected chi connectivity index (χ0v) is 11.8. The molecule has 2 aromatic carbocycles. The van der Waals surface area contributed by atoms with Crippen LogP contribution < -0.4 is 0 Å². The van der Waals surface area contributed by atoms with Crippen molar-refractivity contribution in [2.24, 2.45) is 0 Å². The molecule has 0 amide bonds. The summed E-state index contributed by atoms with van der Waals surface area (Å²) in [6.45, 7) is 1.86. The standard InChI is InChI=1S/C14H9Cl3O/c1-8-2-4-10(15)7-11(8)14(18)9-3-5-12(16)13(17)6-9/h2-7H,1H3. The Morgan fingerprint density at radius 1 is 0.944 bits per heavy atom. The molecule has 0 radical (unpaired) electrons. The minimum absolute atomic E-state index is 0.117. The zero-order valence-electron chi connectivity index (χ0n) is 9.51. The van der Waals surface area contributed by atoms with Crippen molar-refractivity contribution in [1.29, 1.82) is 0 Å². The van der Waals surface area contributed by atoms with Crippen LogP contribution in [0.25, 0.3) is 0 Å². The first-order valence-electron chi connectivity index (χ1n) is 5.25. The quantitative estimate of drug-likeness (QED) is 0.698. The van der Waals surface area contributed by atoms with Gasteiger partial charge in [0.1, 0.15) is 0 Å². The average molecular weight is 300 g/mol. The maximum atomic E-state index is 12.3. The summed E-state index contributed by atoms with van der Waals surface area (Å²) >= 11 is 17.6. The number of benzene rings is 2. The van der Waals surface area contributed by atoms with Gasteiger partial charge in [-0.1, -0.05) is 40.9 Å². The van der Waals surface area contributed by atoms with Crippen LogP contribution in [0.4, 0.5) is 0 Å². The van der Waals surface area contributed by atoms with Gasteiger partial charge in [0.15, 0.2) is 5.78 Å². The highest BCUT2D eigenvalue weighted by Crippen LogP contribution is 2.25. The Morgan fingerprint density at radius 2 is 1.67 bits per heavy atom. The Morgan fingerprint density at radius 3 is 2.33 bits per heavy atom. The molecular formula is C14H9Cl3O. The van der Waals surface area contributed by atoms with Gasteiger partial charge in [0.05, 0.1) is 10.0 Å². The van der Waals surface area contributed by atoms with Crippen molar-refractivity contribution in [1.82, 2.24) is 0 Å². The van der Waals surface area contributed by atoms with Crippen LogP contribution in [0.2, 0.25) is 15.1 Å². The third kappa shape index (κ3) is 2.69. The van der Waals surface area contributed by atoms with E-state index in [-0.39, 0.29) is 5.78 Å². The lowest BCUT2D eigenvalue weighted by Crippen LogP contribution is -2.03. The molecule has 0 aliphatic heterocycles. The van der Waals surface area contributed by atoms with Gasteiger partial charge in [0, 0.05) is 16.1 Å². The molecule has 0 atom stereocenters. The van der Waals surface area contributed by atoms with Crippen LogP contribution in [0.5, 0.6) is 0 Å². The Kier molecular flexibility index (Phi) is 3.96. The minimum Gasteiger partial charge on any atom is -0.289 e. The minimum atomic E-state index is -0.117. The number of hydrogen-bond acceptors (Lipinski definition) is 1. The van der Waals surface area contributed by atoms with Gasteiger partial charge in [-0.05, 0) is 42.8 Å². The fourth-order valence-corrected chi connectivity index (χ4v) is 2.10. The molecule has 2 rings (SSSR count). The summed E-state index contributed by atoms with van der Waals surface area (Å²) in [6, 6.07) is 10.0. The zero-order chi connectivity index (χ0) is 13.3. The van der Waals surface area contributed by atoms with Crippen molar-refractivity contribution in [2.45, 2.75) is 6.92 Å². The molecule has 0 fully saturated rings. The molecular weight excluding hydrogens is 291 g/mol. The summed E-state index contributed by atoms with van der Waals surface area (Å²) in [5.41, 5.74) is 1.94. The number of halogens is 3. The molecule has 0 saturated carbocycles. The maximum Gasteiger partial charge on any atom is 0.193 e. The molecule has 0 saturated heterocycles. The van der Waals surface area contributed by atoms with E-state index in [2.05, 4.69) is 0 Å². The summed E-state index contributed by atoms with van der Waals surface area (Å²) in [5, 5.41) is 1.32. The Balaban J connectivity index is 2.47. The van der Waals surface area contributed by atoms with Crippen LogP contribution in [0.1, 0.15) is 21.5 Å². The van der Waals surface area contributed by atoms with Gasteiger partial charge in [0.25, 0.3) is 0 Å². The van der Waals surface area contributed by atoms with Crippen molar-refractivity contribution < 1.29 is 4.79 Å². The number of ketones is 1. The van der Waals surface area contributed by atoms with E-state index in [1.165, 1.54) is 0 Å². The second-order valence-electron chi connectivity index (χ2n) is 3.92. The molecule has 0 N–H and O–H groups in total. The number of aryl methyl sites for hydroxylation is 1. The van der Waals surface area contributed by atoms with E-state index in [1.54, 1.807) is 30.3 Å². The third-order valence-electron chi connectivity index (χ3n) is 2.63. The van der Waals surface area contributed by atoms with E-state index >= 15 is 0 Å². The monoisotopic (exact) mass is 298 g/mol. The highest BCUT2D eigenvalue weighted by atomic mass is 35.5. The van der Waals surface area contributed by atoms with Gasteiger partial charge in [-0.25, -0.2) is 0 Å². The van der Waals surface area contributed by atoms with Crippen molar-refractivity contribution in [3.8, 4) is 0 Å². The molecule has 0 spiro atoms. The van der Waals surface area contributed by atoms with Gasteiger partial charge < -0.3 is 0 Å². The SMILES string of the molecule is Cc1ccc(Cl)cc1C(=O)c1ccc(Cl)c(Cl)c1. The summed E-state index contributed by atoms with van der Waals surface area (Å²) in [7, 11) is 0. The predicted octanol–water partition coefficient (Wildman–Crippen LogP) is 5.19. The largest absolute Gasteiger partial charge is 0.289 e. The van der Waals surface area contributed by atoms with E-state index in [9.17, 15) is 4.79 Å². The molecule has 18 heavy (non-hydrogen) atoms. The van der Waals surface area contributed by atoms with E-state index in [0.717, 1.165) is 5.56 Å². The van der Waals surface area contributed by atoms with E-state index in [1.807, 2.05) is 13.0 Å². The second-order valence-corrected chi connectivity index (χ2v) is 5.17. The number of hydrogen-bond donors (Lipinski definition) is 0. The topological polar surface area (TPSA) is 17.1 Å². The van der Waals surface area contributed by atoms with Crippen LogP contribution in [0.3, 0.4) is 0 Å². The van der Waals surface area contributed by atoms with Crippen molar-refractivity contribution in [3.05, 3.63) is 68.2 Å². The normalized spacial score (nSPS) is 10.4. The lowest BCUT2D eigenvalue weighted by molar-refractivity contribution is 0.103. The molecule has 0 unspecified atom stereocenters. The molecule has 0 aliphatic rings. The molecule has 0 bridgehead atoms. The predicted molar refractivity (Wildman–Crippen MR) is 76.1 cm³/mol. The van der Waals surface area contributed by atoms with Gasteiger partial charge >= 0.3 is 0 Å². The van der Waals surface area contributed by atoms with Crippen LogP contribution >= 0.6 is 34.8 Å². The molecule has 2 aromatic rings. The molecule has 92 valence electrons. The third-order valence-corrected chi connectivity index (χ3v) is 3.60. The summed E-state index contributed by atoms with van der Waals surface area (Å²) < 4.78 is 0. The Labute approximate surface area is 120 Å². The van der Waals surface area contributed by atoms with Gasteiger partial charge in [-0.2, -0.15) is 0 Å². The van der Waals surface area contributed by atoms with E-state index < -0.39 is 0 Å². The summed E-state index contributed by atoms with van der Waals surface area (Å²) in [5.74, 6) is -0.117. The summed E-state index contributed by atoms with van der Waals surface area (Å²) in [4.78, 5) is 12.3. The Bertz CT molecular complexity index is 620. The number of rotatable bonds is 2. The lowest BCUT2D eigenvalue weighted by atomic mass is 9.99. The molecule has 4 heteroatoms. The van der Waals surface area contributed by atoms with Crippen molar-refractivity contribution >= 4 is 40.6 Å². The molecule has 0 aromatic heterocycles. The first-order valence-corrected chi connectivity index (χ1v) is 6.38. The second kappa shape index (κ2) is 5.31. The van der Waals surface area contributed by atoms with Crippen molar-refractivity contribution in [3.63, 3.8) is 0 Å².